The second-order valence-electron chi connectivity index (χ2n) is 2.73. The van der Waals surface area contributed by atoms with Gasteiger partial charge in [0.05, 0.1) is 6.07 Å². The van der Waals surface area contributed by atoms with Crippen molar-refractivity contribution < 1.29 is 0 Å². The van der Waals surface area contributed by atoms with Crippen LogP contribution in [0.5, 0.6) is 0 Å². The number of nitrogens with one attached hydrogen (secondary N) is 1. The molecule has 0 heterocycles. The summed E-state index contributed by atoms with van der Waals surface area (Å²) >= 11 is 0. The SMILES string of the molecule is C=C(C)C(C#N)NC(C)C. The van der Waals surface area contributed by atoms with E-state index in [0.29, 0.717) is 6.04 Å². The van der Waals surface area contributed by atoms with E-state index in [1.165, 1.54) is 0 Å². The molecule has 0 spiro atoms. The van der Waals surface area contributed by atoms with Crippen LogP contribution in [0.15, 0.2) is 12.2 Å². The molecule has 0 aromatic rings. The highest BCUT2D eigenvalue weighted by atomic mass is 14.9. The highest BCUT2D eigenvalue weighted by Gasteiger charge is 2.07. The Labute approximate surface area is 62.5 Å². The second kappa shape index (κ2) is 4.08. The van der Waals surface area contributed by atoms with Crippen LogP contribution in [0.2, 0.25) is 0 Å². The van der Waals surface area contributed by atoms with Crippen molar-refractivity contribution in [2.75, 3.05) is 0 Å². The van der Waals surface area contributed by atoms with Crippen molar-refractivity contribution >= 4 is 0 Å². The summed E-state index contributed by atoms with van der Waals surface area (Å²) < 4.78 is 0. The maximum absolute atomic E-state index is 8.57. The molecule has 0 aliphatic carbocycles. The molecule has 1 atom stereocenters. The zero-order valence-corrected chi connectivity index (χ0v) is 6.81. The molecule has 1 N–H and O–H groups in total. The van der Waals surface area contributed by atoms with Crippen molar-refractivity contribution in [2.45, 2.75) is 32.9 Å². The zero-order chi connectivity index (χ0) is 8.15. The smallest absolute Gasteiger partial charge is 0.116 e. The molecule has 0 aromatic carbocycles. The zero-order valence-electron chi connectivity index (χ0n) is 6.81. The molecule has 0 bridgehead atoms. The third kappa shape index (κ3) is 3.26. The van der Waals surface area contributed by atoms with E-state index >= 15 is 0 Å². The van der Waals surface area contributed by atoms with E-state index in [9.17, 15) is 0 Å². The minimum atomic E-state index is -0.194. The van der Waals surface area contributed by atoms with Gasteiger partial charge >= 0.3 is 0 Å². The Bertz CT molecular complexity index is 153. The van der Waals surface area contributed by atoms with Crippen LogP contribution in [0.25, 0.3) is 0 Å². The molecule has 2 nitrogen and oxygen atoms in total. The minimum Gasteiger partial charge on any atom is -0.296 e. The first-order valence-corrected chi connectivity index (χ1v) is 3.39. The van der Waals surface area contributed by atoms with E-state index in [2.05, 4.69) is 18.0 Å². The first-order valence-electron chi connectivity index (χ1n) is 3.39. The Balaban J connectivity index is 3.88. The lowest BCUT2D eigenvalue weighted by Crippen LogP contribution is -2.34. The standard InChI is InChI=1S/C8H14N2/c1-6(2)8(5-9)10-7(3)4/h7-8,10H,1H2,2-4H3. The molecular formula is C8H14N2. The first kappa shape index (κ1) is 9.19. The topological polar surface area (TPSA) is 35.8 Å². The van der Waals surface area contributed by atoms with Gasteiger partial charge in [0.2, 0.25) is 0 Å². The van der Waals surface area contributed by atoms with Gasteiger partial charge in [0, 0.05) is 6.04 Å². The molecular weight excluding hydrogens is 124 g/mol. The summed E-state index contributed by atoms with van der Waals surface area (Å²) in [6.07, 6.45) is 0. The van der Waals surface area contributed by atoms with Gasteiger partial charge in [-0.05, 0) is 26.3 Å². The second-order valence-corrected chi connectivity index (χ2v) is 2.73. The van der Waals surface area contributed by atoms with Crippen molar-refractivity contribution in [1.82, 2.24) is 5.32 Å². The summed E-state index contributed by atoms with van der Waals surface area (Å²) in [5.74, 6) is 0. The molecule has 0 amide bonds. The Morgan fingerprint density at radius 3 is 2.20 bits per heavy atom. The lowest BCUT2D eigenvalue weighted by Gasteiger charge is -2.13. The van der Waals surface area contributed by atoms with Crippen LogP contribution in [0.3, 0.4) is 0 Å². The van der Waals surface area contributed by atoms with E-state index in [1.807, 2.05) is 20.8 Å². The predicted molar refractivity (Wildman–Crippen MR) is 42.5 cm³/mol. The molecule has 0 rings (SSSR count). The normalized spacial score (nSPS) is 12.7. The van der Waals surface area contributed by atoms with Gasteiger partial charge in [-0.3, -0.25) is 5.32 Å². The van der Waals surface area contributed by atoms with Gasteiger partial charge in [-0.1, -0.05) is 6.58 Å². The van der Waals surface area contributed by atoms with Crippen LogP contribution in [0.1, 0.15) is 20.8 Å². The summed E-state index contributed by atoms with van der Waals surface area (Å²) in [4.78, 5) is 0. The summed E-state index contributed by atoms with van der Waals surface area (Å²) in [5.41, 5.74) is 0.871. The van der Waals surface area contributed by atoms with Gasteiger partial charge < -0.3 is 0 Å². The summed E-state index contributed by atoms with van der Waals surface area (Å²) in [6.45, 7) is 9.56. The fourth-order valence-electron chi connectivity index (χ4n) is 0.623. The van der Waals surface area contributed by atoms with Gasteiger partial charge in [-0.2, -0.15) is 5.26 Å². The van der Waals surface area contributed by atoms with Crippen molar-refractivity contribution in [2.24, 2.45) is 0 Å². The number of nitriles is 1. The maximum Gasteiger partial charge on any atom is 0.116 e. The number of hydrogen-bond donors (Lipinski definition) is 1. The van der Waals surface area contributed by atoms with Crippen molar-refractivity contribution in [1.29, 1.82) is 5.26 Å². The molecule has 0 aliphatic heterocycles. The Morgan fingerprint density at radius 2 is 2.10 bits per heavy atom. The molecule has 0 saturated heterocycles. The molecule has 0 saturated carbocycles. The number of hydrogen-bond acceptors (Lipinski definition) is 2. The quantitative estimate of drug-likeness (QED) is 0.599. The largest absolute Gasteiger partial charge is 0.296 e. The van der Waals surface area contributed by atoms with Crippen molar-refractivity contribution in [3.63, 3.8) is 0 Å². The average molecular weight is 138 g/mol. The van der Waals surface area contributed by atoms with Crippen molar-refractivity contribution in [3.05, 3.63) is 12.2 Å². The first-order chi connectivity index (χ1) is 4.57. The van der Waals surface area contributed by atoms with Crippen LogP contribution in [-0.4, -0.2) is 12.1 Å². The van der Waals surface area contributed by atoms with Crippen molar-refractivity contribution in [3.8, 4) is 6.07 Å². The Kier molecular flexibility index (Phi) is 3.75. The molecule has 0 fully saturated rings. The average Bonchev–Trinajstić information content (AvgIpc) is 1.81. The minimum absolute atomic E-state index is 0.194. The van der Waals surface area contributed by atoms with E-state index in [1.54, 1.807) is 0 Å². The van der Waals surface area contributed by atoms with Crippen LogP contribution in [0.4, 0.5) is 0 Å². The van der Waals surface area contributed by atoms with Crippen LogP contribution >= 0.6 is 0 Å². The van der Waals surface area contributed by atoms with Gasteiger partial charge in [0.15, 0.2) is 0 Å². The van der Waals surface area contributed by atoms with Crippen LogP contribution in [0, 0.1) is 11.3 Å². The highest BCUT2D eigenvalue weighted by Crippen LogP contribution is 1.96. The summed E-state index contributed by atoms with van der Waals surface area (Å²) in [5, 5.41) is 11.6. The van der Waals surface area contributed by atoms with E-state index in [-0.39, 0.29) is 6.04 Å². The molecule has 2 heteroatoms. The van der Waals surface area contributed by atoms with Gasteiger partial charge in [-0.25, -0.2) is 0 Å². The number of nitrogens with zero attached hydrogens (tertiary/aromatic N) is 1. The lowest BCUT2D eigenvalue weighted by atomic mass is 10.1. The van der Waals surface area contributed by atoms with Crippen LogP contribution in [-0.2, 0) is 0 Å². The third-order valence-electron chi connectivity index (χ3n) is 1.12. The molecule has 0 aliphatic rings. The van der Waals surface area contributed by atoms with E-state index in [0.717, 1.165) is 5.57 Å². The Hall–Kier alpha value is -0.810. The maximum atomic E-state index is 8.57. The number of rotatable bonds is 3. The molecule has 1 unspecified atom stereocenters. The van der Waals surface area contributed by atoms with Gasteiger partial charge in [0.1, 0.15) is 6.04 Å². The highest BCUT2D eigenvalue weighted by molar-refractivity contribution is 5.13. The summed E-state index contributed by atoms with van der Waals surface area (Å²) in [6, 6.07) is 2.26. The van der Waals surface area contributed by atoms with Gasteiger partial charge in [0.25, 0.3) is 0 Å². The predicted octanol–water partition coefficient (Wildman–Crippen LogP) is 1.45. The van der Waals surface area contributed by atoms with E-state index in [4.69, 9.17) is 5.26 Å². The van der Waals surface area contributed by atoms with Gasteiger partial charge in [-0.15, -0.1) is 0 Å². The molecule has 56 valence electrons. The third-order valence-corrected chi connectivity index (χ3v) is 1.12. The molecule has 0 radical (unpaired) electrons. The van der Waals surface area contributed by atoms with E-state index < -0.39 is 0 Å². The fourth-order valence-corrected chi connectivity index (χ4v) is 0.623. The molecule has 10 heavy (non-hydrogen) atoms. The monoisotopic (exact) mass is 138 g/mol. The fraction of sp³-hybridized carbons (Fsp3) is 0.625. The summed E-state index contributed by atoms with van der Waals surface area (Å²) in [7, 11) is 0. The van der Waals surface area contributed by atoms with Crippen LogP contribution < -0.4 is 5.32 Å². The molecule has 0 aromatic heterocycles. The lowest BCUT2D eigenvalue weighted by molar-refractivity contribution is 0.569. The Morgan fingerprint density at radius 1 is 1.60 bits per heavy atom.